The van der Waals surface area contributed by atoms with Crippen molar-refractivity contribution >= 4 is 17.3 Å². The summed E-state index contributed by atoms with van der Waals surface area (Å²) in [6.45, 7) is 6.03. The van der Waals surface area contributed by atoms with E-state index in [9.17, 15) is 0 Å². The van der Waals surface area contributed by atoms with Gasteiger partial charge in [0.2, 0.25) is 0 Å². The topological polar surface area (TPSA) is 56.7 Å². The molecule has 4 nitrogen and oxygen atoms in total. The van der Waals surface area contributed by atoms with Crippen molar-refractivity contribution in [2.24, 2.45) is 0 Å². The summed E-state index contributed by atoms with van der Waals surface area (Å²) in [5.41, 5.74) is 7.11. The molecule has 0 saturated heterocycles. The maximum absolute atomic E-state index is 6.16. The van der Waals surface area contributed by atoms with Gasteiger partial charge in [-0.05, 0) is 25.1 Å². The Hall–Kier alpha value is -1.55. The van der Waals surface area contributed by atoms with Gasteiger partial charge in [-0.25, -0.2) is 9.67 Å². The molecule has 1 aromatic carbocycles. The number of nitrogens with zero attached hydrogens (tertiary/aromatic N) is 3. The zero-order chi connectivity index (χ0) is 12.6. The van der Waals surface area contributed by atoms with E-state index in [-0.39, 0.29) is 0 Å². The molecule has 0 aliphatic carbocycles. The Labute approximate surface area is 105 Å². The highest BCUT2D eigenvalue weighted by Gasteiger charge is 2.12. The smallest absolute Gasteiger partial charge is 0.153 e. The minimum absolute atomic E-state index is 0.294. The van der Waals surface area contributed by atoms with Gasteiger partial charge in [-0.2, -0.15) is 5.10 Å². The molecule has 1 heterocycles. The standard InChI is InChI=1S/C12H15ClN4/c1-7(2)12-15-8(3)17(16-12)11-5-4-9(14)6-10(11)13/h4-7H,14H2,1-3H3. The quantitative estimate of drug-likeness (QED) is 0.834. The van der Waals surface area contributed by atoms with Crippen LogP contribution in [0.25, 0.3) is 5.69 Å². The van der Waals surface area contributed by atoms with E-state index in [1.165, 1.54) is 0 Å². The van der Waals surface area contributed by atoms with Gasteiger partial charge in [-0.1, -0.05) is 25.4 Å². The second-order valence-electron chi connectivity index (χ2n) is 4.29. The Balaban J connectivity index is 2.52. The van der Waals surface area contributed by atoms with Crippen molar-refractivity contribution in [1.29, 1.82) is 0 Å². The first-order valence-electron chi connectivity index (χ1n) is 5.48. The Morgan fingerprint density at radius 2 is 2.06 bits per heavy atom. The van der Waals surface area contributed by atoms with Gasteiger partial charge < -0.3 is 5.73 Å². The van der Waals surface area contributed by atoms with Gasteiger partial charge in [0, 0.05) is 11.6 Å². The van der Waals surface area contributed by atoms with Crippen LogP contribution in [0.4, 0.5) is 5.69 Å². The summed E-state index contributed by atoms with van der Waals surface area (Å²) in [4.78, 5) is 4.41. The lowest BCUT2D eigenvalue weighted by atomic mass is 10.2. The molecule has 5 heteroatoms. The van der Waals surface area contributed by atoms with Gasteiger partial charge in [0.15, 0.2) is 5.82 Å². The van der Waals surface area contributed by atoms with Crippen LogP contribution in [0.15, 0.2) is 18.2 Å². The molecule has 90 valence electrons. The van der Waals surface area contributed by atoms with Crippen LogP contribution >= 0.6 is 11.6 Å². The fourth-order valence-electron chi connectivity index (χ4n) is 1.58. The van der Waals surface area contributed by atoms with E-state index < -0.39 is 0 Å². The van der Waals surface area contributed by atoms with Gasteiger partial charge in [0.1, 0.15) is 5.82 Å². The fourth-order valence-corrected chi connectivity index (χ4v) is 1.85. The minimum Gasteiger partial charge on any atom is -0.399 e. The average Bonchev–Trinajstić information content (AvgIpc) is 2.61. The number of halogens is 1. The fraction of sp³-hybridized carbons (Fsp3) is 0.333. The number of anilines is 1. The Bertz CT molecular complexity index is 545. The monoisotopic (exact) mass is 250 g/mol. The van der Waals surface area contributed by atoms with Crippen molar-refractivity contribution in [2.75, 3.05) is 5.73 Å². The second-order valence-corrected chi connectivity index (χ2v) is 4.70. The maximum atomic E-state index is 6.16. The van der Waals surface area contributed by atoms with Crippen molar-refractivity contribution in [2.45, 2.75) is 26.7 Å². The van der Waals surface area contributed by atoms with Crippen LogP contribution in [0, 0.1) is 6.92 Å². The minimum atomic E-state index is 0.294. The normalized spacial score (nSPS) is 11.1. The Kier molecular flexibility index (Phi) is 3.07. The molecule has 0 saturated carbocycles. The average molecular weight is 251 g/mol. The molecule has 1 aromatic heterocycles. The largest absolute Gasteiger partial charge is 0.399 e. The first-order chi connectivity index (χ1) is 7.99. The molecule has 2 N–H and O–H groups in total. The summed E-state index contributed by atoms with van der Waals surface area (Å²) in [7, 11) is 0. The summed E-state index contributed by atoms with van der Waals surface area (Å²) in [6.07, 6.45) is 0. The molecule has 0 atom stereocenters. The van der Waals surface area contributed by atoms with E-state index in [4.69, 9.17) is 17.3 Å². The number of aryl methyl sites for hydroxylation is 1. The predicted molar refractivity (Wildman–Crippen MR) is 69.6 cm³/mol. The molecular formula is C12H15ClN4. The third-order valence-electron chi connectivity index (χ3n) is 2.50. The Morgan fingerprint density at radius 1 is 1.35 bits per heavy atom. The van der Waals surface area contributed by atoms with Gasteiger partial charge in [0.25, 0.3) is 0 Å². The third-order valence-corrected chi connectivity index (χ3v) is 2.80. The molecule has 2 rings (SSSR count). The molecule has 0 aliphatic heterocycles. The van der Waals surface area contributed by atoms with Crippen molar-refractivity contribution in [3.63, 3.8) is 0 Å². The van der Waals surface area contributed by atoms with E-state index in [1.54, 1.807) is 16.8 Å². The number of rotatable bonds is 2. The molecule has 0 radical (unpaired) electrons. The van der Waals surface area contributed by atoms with E-state index in [1.807, 2.05) is 13.0 Å². The van der Waals surface area contributed by atoms with Crippen LogP contribution in [-0.4, -0.2) is 14.8 Å². The maximum Gasteiger partial charge on any atom is 0.153 e. The lowest BCUT2D eigenvalue weighted by Gasteiger charge is -2.06. The first kappa shape index (κ1) is 11.9. The molecule has 0 amide bonds. The zero-order valence-electron chi connectivity index (χ0n) is 10.1. The van der Waals surface area contributed by atoms with Crippen molar-refractivity contribution in [1.82, 2.24) is 14.8 Å². The summed E-state index contributed by atoms with van der Waals surface area (Å²) in [6, 6.07) is 5.37. The van der Waals surface area contributed by atoms with Gasteiger partial charge in [-0.15, -0.1) is 0 Å². The summed E-state index contributed by atoms with van der Waals surface area (Å²) < 4.78 is 1.75. The van der Waals surface area contributed by atoms with Crippen LogP contribution in [0.3, 0.4) is 0 Å². The SMILES string of the molecule is Cc1nc(C(C)C)nn1-c1ccc(N)cc1Cl. The van der Waals surface area contributed by atoms with E-state index in [0.717, 1.165) is 17.3 Å². The highest BCUT2D eigenvalue weighted by Crippen LogP contribution is 2.24. The second kappa shape index (κ2) is 4.37. The van der Waals surface area contributed by atoms with E-state index >= 15 is 0 Å². The van der Waals surface area contributed by atoms with Crippen molar-refractivity contribution in [3.05, 3.63) is 34.9 Å². The number of nitrogens with two attached hydrogens (primary N) is 1. The van der Waals surface area contributed by atoms with Crippen LogP contribution in [0.5, 0.6) is 0 Å². The lowest BCUT2D eigenvalue weighted by Crippen LogP contribution is -2.01. The van der Waals surface area contributed by atoms with E-state index in [2.05, 4.69) is 23.9 Å². The highest BCUT2D eigenvalue weighted by molar-refractivity contribution is 6.32. The summed E-state index contributed by atoms with van der Waals surface area (Å²) >= 11 is 6.16. The van der Waals surface area contributed by atoms with Gasteiger partial charge in [0.05, 0.1) is 10.7 Å². The molecule has 0 fully saturated rings. The molecule has 2 aromatic rings. The summed E-state index contributed by atoms with van der Waals surface area (Å²) in [5, 5.41) is 5.03. The van der Waals surface area contributed by atoms with Crippen LogP contribution in [0.1, 0.15) is 31.4 Å². The number of hydrogen-bond donors (Lipinski definition) is 1. The number of nitrogen functional groups attached to an aromatic ring is 1. The molecule has 0 unspecified atom stereocenters. The number of benzene rings is 1. The van der Waals surface area contributed by atoms with Crippen LogP contribution < -0.4 is 5.73 Å². The molecule has 0 spiro atoms. The highest BCUT2D eigenvalue weighted by atomic mass is 35.5. The molecule has 17 heavy (non-hydrogen) atoms. The predicted octanol–water partition coefficient (Wildman–Crippen LogP) is 2.93. The van der Waals surface area contributed by atoms with Crippen molar-refractivity contribution in [3.8, 4) is 5.69 Å². The van der Waals surface area contributed by atoms with Gasteiger partial charge in [-0.3, -0.25) is 0 Å². The molecule has 0 aliphatic rings. The first-order valence-corrected chi connectivity index (χ1v) is 5.86. The zero-order valence-corrected chi connectivity index (χ0v) is 10.9. The molecular weight excluding hydrogens is 236 g/mol. The van der Waals surface area contributed by atoms with Crippen LogP contribution in [-0.2, 0) is 0 Å². The lowest BCUT2D eigenvalue weighted by molar-refractivity contribution is 0.751. The van der Waals surface area contributed by atoms with E-state index in [0.29, 0.717) is 16.6 Å². The third kappa shape index (κ3) is 2.26. The molecule has 0 bridgehead atoms. The Morgan fingerprint density at radius 3 is 2.59 bits per heavy atom. The van der Waals surface area contributed by atoms with Crippen molar-refractivity contribution < 1.29 is 0 Å². The number of hydrogen-bond acceptors (Lipinski definition) is 3. The summed E-state index contributed by atoms with van der Waals surface area (Å²) in [5.74, 6) is 1.93. The number of aromatic nitrogens is 3. The van der Waals surface area contributed by atoms with Crippen LogP contribution in [0.2, 0.25) is 5.02 Å². The van der Waals surface area contributed by atoms with Gasteiger partial charge >= 0.3 is 0 Å².